The Labute approximate surface area is 171 Å². The van der Waals surface area contributed by atoms with Gasteiger partial charge in [0.1, 0.15) is 0 Å². The zero-order chi connectivity index (χ0) is 21.1. The van der Waals surface area contributed by atoms with Gasteiger partial charge in [0, 0.05) is 0 Å². The first-order valence-electron chi connectivity index (χ1n) is 11.3. The fourth-order valence-corrected chi connectivity index (χ4v) is 4.26. The summed E-state index contributed by atoms with van der Waals surface area (Å²) in [7, 11) is 0. The van der Waals surface area contributed by atoms with Crippen LogP contribution in [0, 0.1) is 23.6 Å². The fourth-order valence-electron chi connectivity index (χ4n) is 4.26. The van der Waals surface area contributed by atoms with E-state index in [0.29, 0.717) is 18.9 Å². The number of esters is 1. The molecule has 4 heteroatoms. The summed E-state index contributed by atoms with van der Waals surface area (Å²) in [4.78, 5) is 12.5. The summed E-state index contributed by atoms with van der Waals surface area (Å²) in [6.45, 7) is 12.4. The van der Waals surface area contributed by atoms with E-state index in [4.69, 9.17) is 9.47 Å². The molecule has 1 aliphatic carbocycles. The Balaban J connectivity index is 0.000000921. The lowest BCUT2D eigenvalue weighted by Gasteiger charge is -2.35. The summed E-state index contributed by atoms with van der Waals surface area (Å²) in [6.07, 6.45) is 7.67. The summed E-state index contributed by atoms with van der Waals surface area (Å²) in [5.74, 6) is 0.460. The molecule has 3 nitrogen and oxygen atoms in total. The Bertz CT molecular complexity index is 592. The molecule has 2 aliphatic rings. The van der Waals surface area contributed by atoms with Gasteiger partial charge in [0.15, 0.2) is 11.5 Å². The number of halogens is 1. The topological polar surface area (TPSA) is 35.5 Å². The van der Waals surface area contributed by atoms with Crippen LogP contribution in [-0.2, 0) is 11.2 Å². The minimum absolute atomic E-state index is 0.0712. The van der Waals surface area contributed by atoms with E-state index in [1.807, 2.05) is 33.8 Å². The summed E-state index contributed by atoms with van der Waals surface area (Å²) in [5, 5.41) is 0. The molecule has 0 bridgehead atoms. The van der Waals surface area contributed by atoms with Gasteiger partial charge in [-0.05, 0) is 49.7 Å². The van der Waals surface area contributed by atoms with Gasteiger partial charge in [0.25, 0.3) is 0 Å². The summed E-state index contributed by atoms with van der Waals surface area (Å²) >= 11 is 0. The molecule has 1 unspecified atom stereocenters. The largest absolute Gasteiger partial charge is 0.491 e. The van der Waals surface area contributed by atoms with Crippen LogP contribution in [0.3, 0.4) is 0 Å². The highest BCUT2D eigenvalue weighted by molar-refractivity contribution is 5.78. The normalized spacial score (nSPS) is 23.2. The van der Waals surface area contributed by atoms with Crippen molar-refractivity contribution < 1.29 is 18.7 Å². The van der Waals surface area contributed by atoms with Gasteiger partial charge in [-0.1, -0.05) is 66.4 Å². The maximum Gasteiger partial charge on any atom is 0.315 e. The van der Waals surface area contributed by atoms with Gasteiger partial charge in [-0.25, -0.2) is 0 Å². The van der Waals surface area contributed by atoms with Crippen molar-refractivity contribution in [1.82, 2.24) is 0 Å². The van der Waals surface area contributed by atoms with Crippen LogP contribution >= 0.6 is 0 Å². The number of rotatable bonds is 5. The molecular weight excluding hydrogens is 355 g/mol. The van der Waals surface area contributed by atoms with Gasteiger partial charge in [-0.15, -0.1) is 0 Å². The van der Waals surface area contributed by atoms with Crippen LogP contribution in [0.5, 0.6) is 11.5 Å². The number of carbonyl (C=O) groups excluding carboxylic acids is 1. The SMILES string of the molecule is CC.CC.CCCC1CCC(C2Cc3ccc(OCC)c(F)c3OC2=O)CC1. The van der Waals surface area contributed by atoms with Crippen LogP contribution in [0.2, 0.25) is 0 Å². The Morgan fingerprint density at radius 1 is 1.07 bits per heavy atom. The highest BCUT2D eigenvalue weighted by Gasteiger charge is 2.38. The zero-order valence-corrected chi connectivity index (χ0v) is 18.6. The van der Waals surface area contributed by atoms with Gasteiger partial charge < -0.3 is 9.47 Å². The zero-order valence-electron chi connectivity index (χ0n) is 18.6. The fraction of sp³-hybridized carbons (Fsp3) is 0.708. The third-order valence-corrected chi connectivity index (χ3v) is 5.55. The number of hydrogen-bond acceptors (Lipinski definition) is 3. The molecule has 0 N–H and O–H groups in total. The summed E-state index contributed by atoms with van der Waals surface area (Å²) in [6, 6.07) is 3.48. The van der Waals surface area contributed by atoms with Gasteiger partial charge in [0.05, 0.1) is 12.5 Å². The van der Waals surface area contributed by atoms with E-state index in [0.717, 1.165) is 24.3 Å². The average Bonchev–Trinajstić information content (AvgIpc) is 2.74. The molecule has 160 valence electrons. The minimum Gasteiger partial charge on any atom is -0.491 e. The molecule has 0 amide bonds. The van der Waals surface area contributed by atoms with E-state index in [2.05, 4.69) is 6.92 Å². The van der Waals surface area contributed by atoms with E-state index in [-0.39, 0.29) is 23.4 Å². The number of hydrogen-bond donors (Lipinski definition) is 0. The van der Waals surface area contributed by atoms with Crippen molar-refractivity contribution in [2.24, 2.45) is 17.8 Å². The lowest BCUT2D eigenvalue weighted by molar-refractivity contribution is -0.143. The second-order valence-electron chi connectivity index (χ2n) is 7.10. The van der Waals surface area contributed by atoms with Gasteiger partial charge in [0.2, 0.25) is 5.82 Å². The summed E-state index contributed by atoms with van der Waals surface area (Å²) < 4.78 is 25.1. The maximum atomic E-state index is 14.4. The second-order valence-corrected chi connectivity index (χ2v) is 7.10. The lowest BCUT2D eigenvalue weighted by Crippen LogP contribution is -2.35. The van der Waals surface area contributed by atoms with Gasteiger partial charge in [-0.2, -0.15) is 4.39 Å². The number of carbonyl (C=O) groups is 1. The third kappa shape index (κ3) is 5.96. The van der Waals surface area contributed by atoms with E-state index < -0.39 is 5.82 Å². The molecule has 1 heterocycles. The Morgan fingerprint density at radius 3 is 2.29 bits per heavy atom. The van der Waals surface area contributed by atoms with E-state index in [9.17, 15) is 9.18 Å². The van der Waals surface area contributed by atoms with E-state index in [1.165, 1.54) is 25.7 Å². The standard InChI is InChI=1S/C20H27FO3.2C2H6/c1-3-5-13-6-8-14(9-7-13)16-12-15-10-11-17(23-4-2)18(21)19(15)24-20(16)22;2*1-2/h10-11,13-14,16H,3-9,12H2,1-2H3;2*1-2H3. The van der Waals surface area contributed by atoms with Gasteiger partial charge >= 0.3 is 5.97 Å². The van der Waals surface area contributed by atoms with Crippen molar-refractivity contribution in [3.8, 4) is 11.5 Å². The van der Waals surface area contributed by atoms with Crippen molar-refractivity contribution in [1.29, 1.82) is 0 Å². The smallest absolute Gasteiger partial charge is 0.315 e. The molecule has 1 saturated carbocycles. The van der Waals surface area contributed by atoms with Crippen molar-refractivity contribution in [3.05, 3.63) is 23.5 Å². The Morgan fingerprint density at radius 2 is 1.71 bits per heavy atom. The first kappa shape index (κ1) is 24.5. The summed E-state index contributed by atoms with van der Waals surface area (Å²) in [5.41, 5.74) is 0.788. The molecule has 1 atom stereocenters. The quantitative estimate of drug-likeness (QED) is 0.400. The Kier molecular flexibility index (Phi) is 11.2. The Hall–Kier alpha value is -1.58. The number of fused-ring (bicyclic) bond motifs is 1. The lowest BCUT2D eigenvalue weighted by atomic mass is 9.72. The van der Waals surface area contributed by atoms with Crippen molar-refractivity contribution in [3.63, 3.8) is 0 Å². The number of benzene rings is 1. The molecule has 0 radical (unpaired) electrons. The molecule has 1 fully saturated rings. The minimum atomic E-state index is -0.548. The molecular formula is C24H39FO3. The first-order chi connectivity index (χ1) is 13.6. The molecule has 3 rings (SSSR count). The molecule has 0 saturated heterocycles. The van der Waals surface area contributed by atoms with Crippen LogP contribution in [0.4, 0.5) is 4.39 Å². The third-order valence-electron chi connectivity index (χ3n) is 5.55. The predicted octanol–water partition coefficient (Wildman–Crippen LogP) is 6.96. The van der Waals surface area contributed by atoms with Crippen LogP contribution < -0.4 is 9.47 Å². The van der Waals surface area contributed by atoms with Crippen molar-refractivity contribution in [2.75, 3.05) is 6.61 Å². The van der Waals surface area contributed by atoms with Crippen LogP contribution in [0.1, 0.15) is 85.6 Å². The highest BCUT2D eigenvalue weighted by atomic mass is 19.1. The second kappa shape index (κ2) is 12.8. The van der Waals surface area contributed by atoms with Crippen molar-refractivity contribution in [2.45, 2.75) is 86.5 Å². The van der Waals surface area contributed by atoms with Crippen LogP contribution in [0.15, 0.2) is 12.1 Å². The van der Waals surface area contributed by atoms with Crippen LogP contribution in [-0.4, -0.2) is 12.6 Å². The average molecular weight is 395 g/mol. The highest BCUT2D eigenvalue weighted by Crippen LogP contribution is 2.42. The molecule has 1 aromatic carbocycles. The van der Waals surface area contributed by atoms with Gasteiger partial charge in [-0.3, -0.25) is 4.79 Å². The van der Waals surface area contributed by atoms with E-state index in [1.54, 1.807) is 13.0 Å². The molecule has 1 aliphatic heterocycles. The van der Waals surface area contributed by atoms with Crippen molar-refractivity contribution >= 4 is 5.97 Å². The monoisotopic (exact) mass is 394 g/mol. The molecule has 28 heavy (non-hydrogen) atoms. The predicted molar refractivity (Wildman–Crippen MR) is 113 cm³/mol. The number of ether oxygens (including phenoxy) is 2. The molecule has 1 aromatic rings. The molecule has 0 aromatic heterocycles. The maximum absolute atomic E-state index is 14.4. The molecule has 0 spiro atoms. The first-order valence-corrected chi connectivity index (χ1v) is 11.3. The van der Waals surface area contributed by atoms with E-state index >= 15 is 0 Å². The van der Waals surface area contributed by atoms with Crippen LogP contribution in [0.25, 0.3) is 0 Å².